The molecule has 0 saturated heterocycles. The minimum absolute atomic E-state index is 0.133. The van der Waals surface area contributed by atoms with Crippen LogP contribution in [-0.2, 0) is 11.3 Å². The summed E-state index contributed by atoms with van der Waals surface area (Å²) in [6.07, 6.45) is 0. The summed E-state index contributed by atoms with van der Waals surface area (Å²) in [7, 11) is 1.68. The van der Waals surface area contributed by atoms with Gasteiger partial charge < -0.3 is 9.64 Å². The van der Waals surface area contributed by atoms with E-state index in [2.05, 4.69) is 6.07 Å². The molecule has 0 saturated carbocycles. The summed E-state index contributed by atoms with van der Waals surface area (Å²) in [6, 6.07) is 17.9. The fraction of sp³-hybridized carbons (Fsp3) is 0.167. The second-order valence-corrected chi connectivity index (χ2v) is 4.96. The maximum absolute atomic E-state index is 12.1. The Morgan fingerprint density at radius 2 is 1.78 bits per heavy atom. The molecule has 0 spiro atoms. The fourth-order valence-electron chi connectivity index (χ4n) is 1.98. The molecule has 0 atom stereocenters. The maximum atomic E-state index is 12.1. The summed E-state index contributed by atoms with van der Waals surface area (Å²) in [5.74, 6) is 0.206. The third-order valence-corrected chi connectivity index (χ3v) is 3.29. The van der Waals surface area contributed by atoms with Crippen molar-refractivity contribution in [2.45, 2.75) is 6.54 Å². The molecule has 5 heteroatoms. The van der Waals surface area contributed by atoms with Gasteiger partial charge in [0.15, 0.2) is 6.61 Å². The van der Waals surface area contributed by atoms with E-state index in [-0.39, 0.29) is 12.5 Å². The summed E-state index contributed by atoms with van der Waals surface area (Å²) < 4.78 is 5.43. The monoisotopic (exact) mass is 305 g/mol. The quantitative estimate of drug-likeness (QED) is 0.850. The third kappa shape index (κ3) is 4.33. The number of benzene rings is 2. The molecule has 23 heavy (non-hydrogen) atoms. The van der Waals surface area contributed by atoms with E-state index in [1.807, 2.05) is 18.2 Å². The van der Waals surface area contributed by atoms with Crippen LogP contribution in [0.4, 0.5) is 0 Å². The van der Waals surface area contributed by atoms with Gasteiger partial charge in [-0.3, -0.25) is 4.79 Å². The summed E-state index contributed by atoms with van der Waals surface area (Å²) in [5, 5.41) is 17.7. The second kappa shape index (κ2) is 7.63. The molecule has 0 aliphatic heterocycles. The molecule has 0 heterocycles. The number of rotatable bonds is 5. The molecule has 2 rings (SSSR count). The molecule has 2 aromatic carbocycles. The lowest BCUT2D eigenvalue weighted by Crippen LogP contribution is -2.31. The molecular formula is C18H15N3O2. The first kappa shape index (κ1) is 16.1. The SMILES string of the molecule is CN(Cc1ccc(C#N)cc1)C(=O)COc1ccccc1C#N. The largest absolute Gasteiger partial charge is 0.482 e. The highest BCUT2D eigenvalue weighted by atomic mass is 16.5. The van der Waals surface area contributed by atoms with Gasteiger partial charge in [0.1, 0.15) is 11.8 Å². The van der Waals surface area contributed by atoms with Gasteiger partial charge in [0.2, 0.25) is 0 Å². The van der Waals surface area contributed by atoms with Crippen LogP contribution in [0.5, 0.6) is 5.75 Å². The van der Waals surface area contributed by atoms with Gasteiger partial charge in [0.05, 0.1) is 17.2 Å². The molecule has 0 aliphatic carbocycles. The van der Waals surface area contributed by atoms with Crippen LogP contribution in [0.3, 0.4) is 0 Å². The van der Waals surface area contributed by atoms with E-state index < -0.39 is 0 Å². The summed E-state index contributed by atoms with van der Waals surface area (Å²) >= 11 is 0. The number of ether oxygens (including phenoxy) is 1. The number of para-hydroxylation sites is 1. The zero-order valence-corrected chi connectivity index (χ0v) is 12.7. The zero-order valence-electron chi connectivity index (χ0n) is 12.7. The Kier molecular flexibility index (Phi) is 5.33. The van der Waals surface area contributed by atoms with Crippen molar-refractivity contribution in [1.29, 1.82) is 10.5 Å². The standard InChI is InChI=1S/C18H15N3O2/c1-21(12-15-8-6-14(10-19)7-9-15)18(22)13-23-17-5-3-2-4-16(17)11-20/h2-9H,12-13H2,1H3. The lowest BCUT2D eigenvalue weighted by atomic mass is 10.1. The van der Waals surface area contributed by atoms with Gasteiger partial charge in [-0.25, -0.2) is 0 Å². The molecule has 0 unspecified atom stereocenters. The van der Waals surface area contributed by atoms with Crippen molar-refractivity contribution in [2.24, 2.45) is 0 Å². The second-order valence-electron chi connectivity index (χ2n) is 4.96. The first-order valence-electron chi connectivity index (χ1n) is 6.99. The number of hydrogen-bond donors (Lipinski definition) is 0. The molecule has 5 nitrogen and oxygen atoms in total. The molecule has 1 amide bonds. The van der Waals surface area contributed by atoms with E-state index in [9.17, 15) is 4.79 Å². The highest BCUT2D eigenvalue weighted by Crippen LogP contribution is 2.16. The van der Waals surface area contributed by atoms with Gasteiger partial charge in [-0.15, -0.1) is 0 Å². The van der Waals surface area contributed by atoms with E-state index in [4.69, 9.17) is 15.3 Å². The fourth-order valence-corrected chi connectivity index (χ4v) is 1.98. The predicted octanol–water partition coefficient (Wildman–Crippen LogP) is 2.47. The van der Waals surface area contributed by atoms with Crippen LogP contribution < -0.4 is 4.74 Å². The Labute approximate surface area is 134 Å². The number of carbonyl (C=O) groups is 1. The minimum Gasteiger partial charge on any atom is -0.482 e. The lowest BCUT2D eigenvalue weighted by molar-refractivity contribution is -0.132. The van der Waals surface area contributed by atoms with Crippen LogP contribution in [0.2, 0.25) is 0 Å². The third-order valence-electron chi connectivity index (χ3n) is 3.29. The number of carbonyl (C=O) groups excluding carboxylic acids is 1. The number of nitrogens with zero attached hydrogens (tertiary/aromatic N) is 3. The zero-order chi connectivity index (χ0) is 16.7. The van der Waals surface area contributed by atoms with Crippen LogP contribution in [0.1, 0.15) is 16.7 Å². The van der Waals surface area contributed by atoms with E-state index in [1.54, 1.807) is 43.4 Å². The first-order chi connectivity index (χ1) is 11.1. The number of hydrogen-bond acceptors (Lipinski definition) is 4. The van der Waals surface area contributed by atoms with Crippen molar-refractivity contribution >= 4 is 5.91 Å². The maximum Gasteiger partial charge on any atom is 0.260 e. The number of likely N-dealkylation sites (N-methyl/N-ethyl adjacent to an activating group) is 1. The summed E-state index contributed by atoms with van der Waals surface area (Å²) in [6.45, 7) is 0.291. The molecule has 0 fully saturated rings. The Bertz CT molecular complexity index is 770. The van der Waals surface area contributed by atoms with Gasteiger partial charge in [-0.1, -0.05) is 24.3 Å². The normalized spacial score (nSPS) is 9.52. The topological polar surface area (TPSA) is 77.1 Å². The van der Waals surface area contributed by atoms with E-state index >= 15 is 0 Å². The summed E-state index contributed by atoms with van der Waals surface area (Å²) in [4.78, 5) is 13.6. The Morgan fingerprint density at radius 1 is 1.09 bits per heavy atom. The number of amides is 1. The number of nitriles is 2. The van der Waals surface area contributed by atoms with Crippen molar-refractivity contribution in [3.8, 4) is 17.9 Å². The predicted molar refractivity (Wildman–Crippen MR) is 84.3 cm³/mol. The molecule has 114 valence electrons. The highest BCUT2D eigenvalue weighted by Gasteiger charge is 2.11. The van der Waals surface area contributed by atoms with E-state index in [1.165, 1.54) is 4.90 Å². The molecule has 0 bridgehead atoms. The Balaban J connectivity index is 1.92. The van der Waals surface area contributed by atoms with Crippen LogP contribution in [0, 0.1) is 22.7 Å². The van der Waals surface area contributed by atoms with Crippen LogP contribution in [0.25, 0.3) is 0 Å². The van der Waals surface area contributed by atoms with Crippen molar-refractivity contribution in [3.63, 3.8) is 0 Å². The van der Waals surface area contributed by atoms with Crippen molar-refractivity contribution in [2.75, 3.05) is 13.7 Å². The molecular weight excluding hydrogens is 290 g/mol. The van der Waals surface area contributed by atoms with E-state index in [0.717, 1.165) is 5.56 Å². The van der Waals surface area contributed by atoms with Crippen molar-refractivity contribution < 1.29 is 9.53 Å². The molecule has 0 aromatic heterocycles. The molecule has 2 aromatic rings. The average Bonchev–Trinajstić information content (AvgIpc) is 2.60. The smallest absolute Gasteiger partial charge is 0.260 e. The Morgan fingerprint density at radius 3 is 2.43 bits per heavy atom. The van der Waals surface area contributed by atoms with Gasteiger partial charge in [-0.2, -0.15) is 10.5 Å². The van der Waals surface area contributed by atoms with Gasteiger partial charge >= 0.3 is 0 Å². The minimum atomic E-state index is -0.192. The summed E-state index contributed by atoms with van der Waals surface area (Å²) in [5.41, 5.74) is 1.91. The molecule has 0 radical (unpaired) electrons. The van der Waals surface area contributed by atoms with E-state index in [0.29, 0.717) is 23.4 Å². The van der Waals surface area contributed by atoms with Crippen LogP contribution in [0.15, 0.2) is 48.5 Å². The highest BCUT2D eigenvalue weighted by molar-refractivity contribution is 5.77. The van der Waals surface area contributed by atoms with Crippen molar-refractivity contribution in [1.82, 2.24) is 4.90 Å². The Hall–Kier alpha value is -3.31. The van der Waals surface area contributed by atoms with Gasteiger partial charge in [0.25, 0.3) is 5.91 Å². The van der Waals surface area contributed by atoms with Gasteiger partial charge in [0, 0.05) is 13.6 Å². The van der Waals surface area contributed by atoms with Crippen LogP contribution in [-0.4, -0.2) is 24.5 Å². The average molecular weight is 305 g/mol. The van der Waals surface area contributed by atoms with Crippen molar-refractivity contribution in [3.05, 3.63) is 65.2 Å². The first-order valence-corrected chi connectivity index (χ1v) is 6.99. The van der Waals surface area contributed by atoms with Gasteiger partial charge in [-0.05, 0) is 29.8 Å². The van der Waals surface area contributed by atoms with Crippen LogP contribution >= 0.6 is 0 Å². The lowest BCUT2D eigenvalue weighted by Gasteiger charge is -2.18. The molecule has 0 aliphatic rings. The molecule has 0 N–H and O–H groups in total.